The Bertz CT molecular complexity index is 314. The third-order valence-corrected chi connectivity index (χ3v) is 3.34. The summed E-state index contributed by atoms with van der Waals surface area (Å²) < 4.78 is 0. The summed E-state index contributed by atoms with van der Waals surface area (Å²) in [7, 11) is 0. The highest BCUT2D eigenvalue weighted by Gasteiger charge is 2.35. The van der Waals surface area contributed by atoms with Gasteiger partial charge in [-0.15, -0.1) is 0 Å². The molecule has 2 amide bonds. The van der Waals surface area contributed by atoms with E-state index in [0.29, 0.717) is 6.54 Å². The molecule has 4 N–H and O–H groups in total. The van der Waals surface area contributed by atoms with Crippen molar-refractivity contribution in [3.63, 3.8) is 0 Å². The predicted molar refractivity (Wildman–Crippen MR) is 72.5 cm³/mol. The van der Waals surface area contributed by atoms with Crippen LogP contribution in [0.15, 0.2) is 0 Å². The zero-order chi connectivity index (χ0) is 14.7. The number of carbonyl (C=O) groups is 2. The fraction of sp³-hybridized carbons (Fsp3) is 0.857. The summed E-state index contributed by atoms with van der Waals surface area (Å²) in [6, 6.07) is 0. The normalized spacial score (nSPS) is 14.5. The minimum Gasteiger partial charge on any atom is -0.355 e. The molecule has 0 radical (unpaired) electrons. The number of quaternary nitrogens is 1. The average molecular weight is 257 g/mol. The van der Waals surface area contributed by atoms with E-state index in [1.807, 2.05) is 13.8 Å². The molecule has 0 heterocycles. The molecule has 0 aliphatic carbocycles. The SMILES string of the molecule is CC(C)C(C(=O)NCC(C)(C)C([NH3+])=O)C(C)(C)C. The van der Waals surface area contributed by atoms with E-state index in [0.717, 1.165) is 0 Å². The Morgan fingerprint density at radius 1 is 1.11 bits per heavy atom. The smallest absolute Gasteiger partial charge is 0.316 e. The van der Waals surface area contributed by atoms with E-state index in [2.05, 4.69) is 31.8 Å². The van der Waals surface area contributed by atoms with Crippen molar-refractivity contribution in [3.8, 4) is 0 Å². The first kappa shape index (κ1) is 17.1. The minimum atomic E-state index is -0.602. The average Bonchev–Trinajstić information content (AvgIpc) is 2.11. The van der Waals surface area contributed by atoms with Crippen molar-refractivity contribution in [1.82, 2.24) is 5.32 Å². The lowest BCUT2D eigenvalue weighted by atomic mass is 9.73. The molecule has 0 aromatic heterocycles. The van der Waals surface area contributed by atoms with Crippen molar-refractivity contribution in [3.05, 3.63) is 0 Å². The number of hydrogen-bond acceptors (Lipinski definition) is 2. The van der Waals surface area contributed by atoms with E-state index in [9.17, 15) is 9.59 Å². The molecule has 0 spiro atoms. The van der Waals surface area contributed by atoms with Crippen molar-refractivity contribution in [2.45, 2.75) is 48.5 Å². The number of amides is 2. The van der Waals surface area contributed by atoms with E-state index in [1.54, 1.807) is 13.8 Å². The Kier molecular flexibility index (Phi) is 5.54. The van der Waals surface area contributed by atoms with Gasteiger partial charge in [-0.2, -0.15) is 0 Å². The van der Waals surface area contributed by atoms with E-state index >= 15 is 0 Å². The highest BCUT2D eigenvalue weighted by molar-refractivity contribution is 5.80. The van der Waals surface area contributed by atoms with Crippen LogP contribution in [0.5, 0.6) is 0 Å². The summed E-state index contributed by atoms with van der Waals surface area (Å²) in [4.78, 5) is 23.6. The van der Waals surface area contributed by atoms with E-state index in [4.69, 9.17) is 0 Å². The molecular formula is C14H29N2O2+. The lowest BCUT2D eigenvalue weighted by Crippen LogP contribution is -2.65. The van der Waals surface area contributed by atoms with Gasteiger partial charge in [0.15, 0.2) is 0 Å². The monoisotopic (exact) mass is 257 g/mol. The van der Waals surface area contributed by atoms with E-state index in [-0.39, 0.29) is 29.1 Å². The molecule has 0 aliphatic heterocycles. The van der Waals surface area contributed by atoms with Crippen molar-refractivity contribution < 1.29 is 15.3 Å². The van der Waals surface area contributed by atoms with Crippen molar-refractivity contribution in [1.29, 1.82) is 0 Å². The second-order valence-corrected chi connectivity index (χ2v) is 7.11. The molecule has 0 aliphatic rings. The first-order chi connectivity index (χ1) is 7.89. The fourth-order valence-corrected chi connectivity index (χ4v) is 2.21. The standard InChI is InChI=1S/C14H28N2O2/c1-9(2)10(13(3,4)5)11(17)16-8-14(6,7)12(15)18/h9-10H,8H2,1-7H3,(H2,15,18)(H,16,17)/p+1. The van der Waals surface area contributed by atoms with Gasteiger partial charge in [-0.1, -0.05) is 34.6 Å². The second-order valence-electron chi connectivity index (χ2n) is 7.11. The first-order valence-corrected chi connectivity index (χ1v) is 6.53. The van der Waals surface area contributed by atoms with Crippen LogP contribution in [0.4, 0.5) is 0 Å². The Morgan fingerprint density at radius 2 is 1.56 bits per heavy atom. The molecule has 0 rings (SSSR count). The van der Waals surface area contributed by atoms with Crippen LogP contribution < -0.4 is 11.1 Å². The largest absolute Gasteiger partial charge is 0.355 e. The van der Waals surface area contributed by atoms with Gasteiger partial charge in [0, 0.05) is 12.5 Å². The maximum Gasteiger partial charge on any atom is 0.316 e. The molecule has 1 atom stereocenters. The van der Waals surface area contributed by atoms with Crippen molar-refractivity contribution in [2.75, 3.05) is 6.54 Å². The summed E-state index contributed by atoms with van der Waals surface area (Å²) in [5.41, 5.74) is 2.74. The molecule has 0 saturated carbocycles. The quantitative estimate of drug-likeness (QED) is 0.777. The zero-order valence-corrected chi connectivity index (χ0v) is 12.9. The molecule has 1 unspecified atom stereocenters. The molecule has 0 aromatic rings. The van der Waals surface area contributed by atoms with Crippen molar-refractivity contribution in [2.24, 2.45) is 22.7 Å². The van der Waals surface area contributed by atoms with Gasteiger partial charge in [-0.3, -0.25) is 10.5 Å². The van der Waals surface area contributed by atoms with Crippen LogP contribution >= 0.6 is 0 Å². The molecular weight excluding hydrogens is 228 g/mol. The lowest BCUT2D eigenvalue weighted by Gasteiger charge is -2.33. The zero-order valence-electron chi connectivity index (χ0n) is 12.9. The Hall–Kier alpha value is -0.900. The van der Waals surface area contributed by atoms with E-state index in [1.165, 1.54) is 0 Å². The van der Waals surface area contributed by atoms with Crippen LogP contribution in [-0.2, 0) is 9.59 Å². The summed E-state index contributed by atoms with van der Waals surface area (Å²) in [5, 5.41) is 2.89. The molecule has 0 bridgehead atoms. The highest BCUT2D eigenvalue weighted by Crippen LogP contribution is 2.32. The Morgan fingerprint density at radius 3 is 1.83 bits per heavy atom. The van der Waals surface area contributed by atoms with Gasteiger partial charge in [0.2, 0.25) is 5.91 Å². The molecule has 18 heavy (non-hydrogen) atoms. The first-order valence-electron chi connectivity index (χ1n) is 6.53. The minimum absolute atomic E-state index is 0.0202. The molecule has 4 heteroatoms. The van der Waals surface area contributed by atoms with Crippen LogP contribution in [0.25, 0.3) is 0 Å². The second kappa shape index (κ2) is 5.83. The number of rotatable bonds is 5. The third kappa shape index (κ3) is 4.77. The third-order valence-electron chi connectivity index (χ3n) is 3.34. The summed E-state index contributed by atoms with van der Waals surface area (Å²) >= 11 is 0. The van der Waals surface area contributed by atoms with Crippen LogP contribution in [0, 0.1) is 22.7 Å². The van der Waals surface area contributed by atoms with Gasteiger partial charge in [0.1, 0.15) is 0 Å². The number of carbonyl (C=O) groups excluding carboxylic acids is 2. The summed E-state index contributed by atoms with van der Waals surface area (Å²) in [5.74, 6) is 0.0725. The van der Waals surface area contributed by atoms with Crippen molar-refractivity contribution >= 4 is 11.8 Å². The van der Waals surface area contributed by atoms with Crippen LogP contribution in [0.1, 0.15) is 48.5 Å². The number of hydrogen-bond donors (Lipinski definition) is 2. The molecule has 106 valence electrons. The molecule has 0 saturated heterocycles. The van der Waals surface area contributed by atoms with Crippen LogP contribution in [0.3, 0.4) is 0 Å². The Balaban J connectivity index is 4.71. The number of nitrogens with one attached hydrogen (secondary N) is 1. The van der Waals surface area contributed by atoms with Gasteiger partial charge in [-0.05, 0) is 25.2 Å². The fourth-order valence-electron chi connectivity index (χ4n) is 2.21. The maximum atomic E-state index is 12.3. The Labute approximate surface area is 111 Å². The molecule has 4 nitrogen and oxygen atoms in total. The maximum absolute atomic E-state index is 12.3. The highest BCUT2D eigenvalue weighted by atomic mass is 16.2. The van der Waals surface area contributed by atoms with Gasteiger partial charge in [0.25, 0.3) is 0 Å². The summed E-state index contributed by atoms with van der Waals surface area (Å²) in [6.07, 6.45) is 0. The van der Waals surface area contributed by atoms with Gasteiger partial charge >= 0.3 is 5.91 Å². The topological polar surface area (TPSA) is 73.8 Å². The van der Waals surface area contributed by atoms with Gasteiger partial charge < -0.3 is 5.32 Å². The van der Waals surface area contributed by atoms with Gasteiger partial charge in [-0.25, -0.2) is 4.79 Å². The van der Waals surface area contributed by atoms with Crippen LogP contribution in [-0.4, -0.2) is 18.4 Å². The molecule has 0 fully saturated rings. The predicted octanol–water partition coefficient (Wildman–Crippen LogP) is 1.22. The van der Waals surface area contributed by atoms with E-state index < -0.39 is 5.41 Å². The van der Waals surface area contributed by atoms with Gasteiger partial charge in [0.05, 0.1) is 5.41 Å². The molecule has 0 aromatic carbocycles. The lowest BCUT2D eigenvalue weighted by molar-refractivity contribution is -0.317. The summed E-state index contributed by atoms with van der Waals surface area (Å²) in [6.45, 7) is 14.2. The van der Waals surface area contributed by atoms with Crippen LogP contribution in [0.2, 0.25) is 0 Å².